The average molecular weight is 335 g/mol. The SMILES string of the molecule is Cc1ccccc1Oc1ccccc1CNC(=O)CC(C)N.Cl. The van der Waals surface area contributed by atoms with Crippen LogP contribution >= 0.6 is 12.4 Å². The highest BCUT2D eigenvalue weighted by atomic mass is 35.5. The van der Waals surface area contributed by atoms with E-state index >= 15 is 0 Å². The van der Waals surface area contributed by atoms with Gasteiger partial charge in [0.05, 0.1) is 0 Å². The van der Waals surface area contributed by atoms with E-state index in [1.807, 2.05) is 62.4 Å². The molecule has 0 aliphatic rings. The van der Waals surface area contributed by atoms with Crippen LogP contribution < -0.4 is 15.8 Å². The summed E-state index contributed by atoms with van der Waals surface area (Å²) in [6.45, 7) is 4.24. The van der Waals surface area contributed by atoms with E-state index in [4.69, 9.17) is 10.5 Å². The Kier molecular flexibility index (Phi) is 7.59. The Morgan fingerprint density at radius 3 is 2.39 bits per heavy atom. The van der Waals surface area contributed by atoms with Gasteiger partial charge in [0.25, 0.3) is 0 Å². The molecule has 2 rings (SSSR count). The van der Waals surface area contributed by atoms with Crippen molar-refractivity contribution < 1.29 is 9.53 Å². The van der Waals surface area contributed by atoms with Gasteiger partial charge in [0.15, 0.2) is 0 Å². The number of nitrogens with one attached hydrogen (secondary N) is 1. The maximum Gasteiger partial charge on any atom is 0.221 e. The zero-order valence-electron chi connectivity index (χ0n) is 13.4. The molecule has 0 spiro atoms. The fraction of sp³-hybridized carbons (Fsp3) is 0.278. The molecule has 0 aliphatic heterocycles. The molecule has 5 heteroatoms. The maximum absolute atomic E-state index is 11.7. The summed E-state index contributed by atoms with van der Waals surface area (Å²) in [6, 6.07) is 15.4. The highest BCUT2D eigenvalue weighted by Crippen LogP contribution is 2.27. The van der Waals surface area contributed by atoms with E-state index in [0.717, 1.165) is 22.6 Å². The molecule has 0 saturated heterocycles. The van der Waals surface area contributed by atoms with Gasteiger partial charge in [-0.3, -0.25) is 4.79 Å². The second-order valence-electron chi connectivity index (χ2n) is 5.43. The number of nitrogens with two attached hydrogens (primary N) is 1. The molecule has 0 aliphatic carbocycles. The predicted molar refractivity (Wildman–Crippen MR) is 95.1 cm³/mol. The van der Waals surface area contributed by atoms with Crippen LogP contribution in [0.5, 0.6) is 11.5 Å². The summed E-state index contributed by atoms with van der Waals surface area (Å²) < 4.78 is 5.98. The molecule has 0 bridgehead atoms. The van der Waals surface area contributed by atoms with E-state index in [1.165, 1.54) is 0 Å². The molecule has 23 heavy (non-hydrogen) atoms. The number of ether oxygens (including phenoxy) is 1. The topological polar surface area (TPSA) is 64.3 Å². The van der Waals surface area contributed by atoms with Crippen molar-refractivity contribution in [1.29, 1.82) is 0 Å². The first-order chi connectivity index (χ1) is 10.6. The minimum absolute atomic E-state index is 0. The standard InChI is InChI=1S/C18H22N2O2.ClH/c1-13-7-3-5-9-16(13)22-17-10-6-4-8-15(17)12-20-18(21)11-14(2)19;/h3-10,14H,11-12,19H2,1-2H3,(H,20,21);1H. The quantitative estimate of drug-likeness (QED) is 0.849. The highest BCUT2D eigenvalue weighted by molar-refractivity contribution is 5.85. The second-order valence-corrected chi connectivity index (χ2v) is 5.43. The van der Waals surface area contributed by atoms with E-state index in [9.17, 15) is 4.79 Å². The number of benzene rings is 2. The molecule has 1 unspecified atom stereocenters. The third-order valence-corrected chi connectivity index (χ3v) is 3.27. The van der Waals surface area contributed by atoms with Gasteiger partial charge in [-0.25, -0.2) is 0 Å². The van der Waals surface area contributed by atoms with Gasteiger partial charge in [0.1, 0.15) is 11.5 Å². The zero-order chi connectivity index (χ0) is 15.9. The molecule has 0 heterocycles. The summed E-state index contributed by atoms with van der Waals surface area (Å²) >= 11 is 0. The number of rotatable bonds is 6. The molecule has 2 aromatic carbocycles. The molecule has 124 valence electrons. The number of carbonyl (C=O) groups is 1. The summed E-state index contributed by atoms with van der Waals surface area (Å²) in [5.74, 6) is 1.51. The number of aryl methyl sites for hydroxylation is 1. The Balaban J connectivity index is 0.00000264. The number of carbonyl (C=O) groups excluding carboxylic acids is 1. The van der Waals surface area contributed by atoms with Crippen molar-refractivity contribution >= 4 is 18.3 Å². The van der Waals surface area contributed by atoms with Crippen LogP contribution in [0.4, 0.5) is 0 Å². The van der Waals surface area contributed by atoms with Crippen molar-refractivity contribution in [3.8, 4) is 11.5 Å². The largest absolute Gasteiger partial charge is 0.457 e. The molecule has 0 aromatic heterocycles. The summed E-state index contributed by atoms with van der Waals surface area (Å²) in [5.41, 5.74) is 7.63. The van der Waals surface area contributed by atoms with Crippen molar-refractivity contribution in [1.82, 2.24) is 5.32 Å². The molecular weight excluding hydrogens is 312 g/mol. The lowest BCUT2D eigenvalue weighted by molar-refractivity contribution is -0.121. The summed E-state index contributed by atoms with van der Waals surface area (Å²) in [5, 5.41) is 2.87. The van der Waals surface area contributed by atoms with Gasteiger partial charge in [-0.05, 0) is 31.5 Å². The minimum Gasteiger partial charge on any atom is -0.457 e. The first kappa shape index (κ1) is 19.0. The summed E-state index contributed by atoms with van der Waals surface area (Å²) in [6.07, 6.45) is 0.320. The fourth-order valence-electron chi connectivity index (χ4n) is 2.10. The van der Waals surface area contributed by atoms with Gasteiger partial charge in [-0.15, -0.1) is 12.4 Å². The zero-order valence-corrected chi connectivity index (χ0v) is 14.2. The Morgan fingerprint density at radius 2 is 1.74 bits per heavy atom. The smallest absolute Gasteiger partial charge is 0.221 e. The normalized spacial score (nSPS) is 11.3. The Labute approximate surface area is 143 Å². The molecule has 0 fully saturated rings. The number of hydrogen-bond acceptors (Lipinski definition) is 3. The number of halogens is 1. The van der Waals surface area contributed by atoms with Crippen LogP contribution in [0.2, 0.25) is 0 Å². The second kappa shape index (κ2) is 9.18. The minimum atomic E-state index is -0.140. The van der Waals surface area contributed by atoms with Crippen LogP contribution in [0.25, 0.3) is 0 Å². The van der Waals surface area contributed by atoms with Crippen LogP contribution in [0.1, 0.15) is 24.5 Å². The lowest BCUT2D eigenvalue weighted by Crippen LogP contribution is -2.29. The number of amides is 1. The van der Waals surface area contributed by atoms with Crippen molar-refractivity contribution in [3.63, 3.8) is 0 Å². The maximum atomic E-state index is 11.7. The first-order valence-electron chi connectivity index (χ1n) is 7.40. The lowest BCUT2D eigenvalue weighted by atomic mass is 10.1. The van der Waals surface area contributed by atoms with E-state index in [1.54, 1.807) is 0 Å². The molecule has 4 nitrogen and oxygen atoms in total. The number of hydrogen-bond donors (Lipinski definition) is 2. The monoisotopic (exact) mass is 334 g/mol. The van der Waals surface area contributed by atoms with Gasteiger partial charge < -0.3 is 15.8 Å². The van der Waals surface area contributed by atoms with Crippen molar-refractivity contribution in [2.24, 2.45) is 5.73 Å². The third-order valence-electron chi connectivity index (χ3n) is 3.27. The van der Waals surface area contributed by atoms with Crippen LogP contribution in [-0.2, 0) is 11.3 Å². The third kappa shape index (κ3) is 5.93. The van der Waals surface area contributed by atoms with Gasteiger partial charge in [-0.1, -0.05) is 36.4 Å². The van der Waals surface area contributed by atoms with Crippen molar-refractivity contribution in [2.75, 3.05) is 0 Å². The van der Waals surface area contributed by atoms with Crippen LogP contribution in [0.3, 0.4) is 0 Å². The Morgan fingerprint density at radius 1 is 1.13 bits per heavy atom. The molecule has 1 atom stereocenters. The van der Waals surface area contributed by atoms with E-state index in [2.05, 4.69) is 5.32 Å². The van der Waals surface area contributed by atoms with Crippen LogP contribution in [0, 0.1) is 6.92 Å². The molecule has 3 N–H and O–H groups in total. The van der Waals surface area contributed by atoms with Crippen LogP contribution in [0.15, 0.2) is 48.5 Å². The van der Waals surface area contributed by atoms with Crippen molar-refractivity contribution in [2.45, 2.75) is 32.9 Å². The molecule has 0 saturated carbocycles. The lowest BCUT2D eigenvalue weighted by Gasteiger charge is -2.13. The summed E-state index contributed by atoms with van der Waals surface area (Å²) in [7, 11) is 0. The van der Waals surface area contributed by atoms with Gasteiger partial charge in [0, 0.05) is 24.6 Å². The molecular formula is C18H23ClN2O2. The molecule has 1 amide bonds. The van der Waals surface area contributed by atoms with Gasteiger partial charge >= 0.3 is 0 Å². The summed E-state index contributed by atoms with van der Waals surface area (Å²) in [4.78, 5) is 11.7. The fourth-order valence-corrected chi connectivity index (χ4v) is 2.10. The van der Waals surface area contributed by atoms with Crippen LogP contribution in [-0.4, -0.2) is 11.9 Å². The number of para-hydroxylation sites is 2. The molecule has 0 radical (unpaired) electrons. The predicted octanol–water partition coefficient (Wildman–Crippen LogP) is 3.56. The van der Waals surface area contributed by atoms with E-state index in [-0.39, 0.29) is 24.4 Å². The average Bonchev–Trinajstić information content (AvgIpc) is 2.48. The van der Waals surface area contributed by atoms with Gasteiger partial charge in [0.2, 0.25) is 5.91 Å². The first-order valence-corrected chi connectivity index (χ1v) is 7.40. The van der Waals surface area contributed by atoms with E-state index < -0.39 is 0 Å². The highest BCUT2D eigenvalue weighted by Gasteiger charge is 2.09. The Hall–Kier alpha value is -2.04. The van der Waals surface area contributed by atoms with Gasteiger partial charge in [-0.2, -0.15) is 0 Å². The van der Waals surface area contributed by atoms with Crippen molar-refractivity contribution in [3.05, 3.63) is 59.7 Å². The van der Waals surface area contributed by atoms with E-state index in [0.29, 0.717) is 13.0 Å². The molecule has 2 aromatic rings. The Bertz CT molecular complexity index is 644.